The van der Waals surface area contributed by atoms with Crippen molar-refractivity contribution in [2.75, 3.05) is 11.9 Å². The van der Waals surface area contributed by atoms with Crippen LogP contribution in [0.15, 0.2) is 18.2 Å². The summed E-state index contributed by atoms with van der Waals surface area (Å²) in [6, 6.07) is 5.83. The van der Waals surface area contributed by atoms with Crippen LogP contribution < -0.4 is 10.6 Å². The van der Waals surface area contributed by atoms with Gasteiger partial charge in [0.25, 0.3) is 0 Å². The molecule has 1 aromatic rings. The maximum atomic E-state index is 12.1. The molecule has 0 radical (unpaired) electrons. The van der Waals surface area contributed by atoms with Crippen LogP contribution >= 0.6 is 0 Å². The number of carbonyl (C=O) groups is 2. The molecular formula is C18H28N2O3. The van der Waals surface area contributed by atoms with Crippen molar-refractivity contribution in [3.05, 3.63) is 29.3 Å². The Labute approximate surface area is 138 Å². The third-order valence-electron chi connectivity index (χ3n) is 3.90. The fourth-order valence-electron chi connectivity index (χ4n) is 2.15. The van der Waals surface area contributed by atoms with Crippen LogP contribution in [0.3, 0.4) is 0 Å². The minimum absolute atomic E-state index is 0.0474. The second-order valence-corrected chi connectivity index (χ2v) is 6.70. The van der Waals surface area contributed by atoms with Gasteiger partial charge in [-0.3, -0.25) is 9.59 Å². The van der Waals surface area contributed by atoms with Gasteiger partial charge in [-0.05, 0) is 29.4 Å². The summed E-state index contributed by atoms with van der Waals surface area (Å²) < 4.78 is 0. The molecule has 2 amide bonds. The first kappa shape index (κ1) is 19.2. The van der Waals surface area contributed by atoms with Crippen LogP contribution in [0, 0.1) is 5.41 Å². The molecule has 0 aliphatic heterocycles. The van der Waals surface area contributed by atoms with Gasteiger partial charge < -0.3 is 15.7 Å². The second-order valence-electron chi connectivity index (χ2n) is 6.70. The Kier molecular flexibility index (Phi) is 6.76. The van der Waals surface area contributed by atoms with Crippen molar-refractivity contribution >= 4 is 17.5 Å². The zero-order valence-corrected chi connectivity index (χ0v) is 14.7. The lowest BCUT2D eigenvalue weighted by Crippen LogP contribution is -2.43. The molecule has 0 aliphatic carbocycles. The molecule has 5 nitrogen and oxygen atoms in total. The molecule has 3 N–H and O–H groups in total. The largest absolute Gasteiger partial charge is 0.391 e. The molecule has 0 fully saturated rings. The molecule has 0 saturated heterocycles. The summed E-state index contributed by atoms with van der Waals surface area (Å²) in [6.07, 6.45) is 0.829. The molecule has 0 saturated carbocycles. The van der Waals surface area contributed by atoms with E-state index in [1.165, 1.54) is 0 Å². The van der Waals surface area contributed by atoms with E-state index in [4.69, 9.17) is 0 Å². The van der Waals surface area contributed by atoms with E-state index >= 15 is 0 Å². The van der Waals surface area contributed by atoms with Gasteiger partial charge >= 0.3 is 11.8 Å². The summed E-state index contributed by atoms with van der Waals surface area (Å²) in [4.78, 5) is 24.0. The Morgan fingerprint density at radius 1 is 1.09 bits per heavy atom. The Morgan fingerprint density at radius 3 is 2.04 bits per heavy atom. The molecule has 0 bridgehead atoms. The van der Waals surface area contributed by atoms with E-state index in [1.807, 2.05) is 52.8 Å². The first-order valence-corrected chi connectivity index (χ1v) is 8.08. The van der Waals surface area contributed by atoms with Crippen molar-refractivity contribution in [2.45, 2.75) is 53.6 Å². The molecule has 0 aliphatic rings. The van der Waals surface area contributed by atoms with E-state index in [-0.39, 0.29) is 12.0 Å². The highest BCUT2D eigenvalue weighted by Gasteiger charge is 2.24. The van der Waals surface area contributed by atoms with Gasteiger partial charge in [-0.25, -0.2) is 0 Å². The number of aryl methyl sites for hydroxylation is 2. The normalized spacial score (nSPS) is 12.6. The molecule has 5 heteroatoms. The molecule has 1 unspecified atom stereocenters. The number of hydrogen-bond donors (Lipinski definition) is 3. The van der Waals surface area contributed by atoms with E-state index in [9.17, 15) is 14.7 Å². The maximum Gasteiger partial charge on any atom is 0.313 e. The predicted octanol–water partition coefficient (Wildman–Crippen LogP) is 2.27. The highest BCUT2D eigenvalue weighted by molar-refractivity contribution is 6.39. The average molecular weight is 320 g/mol. The van der Waals surface area contributed by atoms with E-state index in [0.717, 1.165) is 24.0 Å². The molecule has 0 heterocycles. The van der Waals surface area contributed by atoms with Gasteiger partial charge in [-0.15, -0.1) is 0 Å². The van der Waals surface area contributed by atoms with E-state index in [2.05, 4.69) is 10.6 Å². The predicted molar refractivity (Wildman–Crippen MR) is 92.3 cm³/mol. The lowest BCUT2D eigenvalue weighted by Gasteiger charge is -2.25. The van der Waals surface area contributed by atoms with Gasteiger partial charge in [-0.1, -0.05) is 52.8 Å². The number of carbonyl (C=O) groups excluding carboxylic acids is 2. The third-order valence-corrected chi connectivity index (χ3v) is 3.90. The first-order valence-electron chi connectivity index (χ1n) is 8.08. The SMILES string of the molecule is CCc1cccc(CC)c1NC(=O)C(=O)NCC(O)C(C)(C)C. The second kappa shape index (κ2) is 8.11. The fraction of sp³-hybridized carbons (Fsp3) is 0.556. The molecule has 1 rings (SSSR count). The maximum absolute atomic E-state index is 12.1. The first-order chi connectivity index (χ1) is 10.7. The summed E-state index contributed by atoms with van der Waals surface area (Å²) >= 11 is 0. The van der Waals surface area contributed by atoms with Crippen LogP contribution in [0.2, 0.25) is 0 Å². The minimum Gasteiger partial charge on any atom is -0.391 e. The quantitative estimate of drug-likeness (QED) is 0.728. The van der Waals surface area contributed by atoms with Crippen molar-refractivity contribution in [1.29, 1.82) is 0 Å². The summed E-state index contributed by atoms with van der Waals surface area (Å²) in [7, 11) is 0. The average Bonchev–Trinajstić information content (AvgIpc) is 2.51. The number of nitrogens with one attached hydrogen (secondary N) is 2. The zero-order valence-electron chi connectivity index (χ0n) is 14.7. The summed E-state index contributed by atoms with van der Waals surface area (Å²) in [5, 5.41) is 15.1. The minimum atomic E-state index is -0.735. The van der Waals surface area contributed by atoms with E-state index in [0.29, 0.717) is 5.69 Å². The molecule has 1 aromatic carbocycles. The Bertz CT molecular complexity index is 540. The number of para-hydroxylation sites is 1. The summed E-state index contributed by atoms with van der Waals surface area (Å²) in [5.41, 5.74) is 2.36. The summed E-state index contributed by atoms with van der Waals surface area (Å²) in [5.74, 6) is -1.44. The summed E-state index contributed by atoms with van der Waals surface area (Å²) in [6.45, 7) is 9.67. The molecule has 128 valence electrons. The molecular weight excluding hydrogens is 292 g/mol. The molecule has 1 atom stereocenters. The van der Waals surface area contributed by atoms with Crippen LogP contribution in [-0.2, 0) is 22.4 Å². The van der Waals surface area contributed by atoms with E-state index < -0.39 is 17.9 Å². The number of rotatable bonds is 5. The standard InChI is InChI=1S/C18H28N2O3/c1-6-12-9-8-10-13(7-2)15(12)20-17(23)16(22)19-11-14(21)18(3,4)5/h8-10,14,21H,6-7,11H2,1-5H3,(H,19,22)(H,20,23). The van der Waals surface area contributed by atoms with Crippen LogP contribution in [0.25, 0.3) is 0 Å². The number of aliphatic hydroxyl groups excluding tert-OH is 1. The lowest BCUT2D eigenvalue weighted by atomic mass is 9.89. The lowest BCUT2D eigenvalue weighted by molar-refractivity contribution is -0.136. The number of amides is 2. The van der Waals surface area contributed by atoms with Crippen molar-refractivity contribution in [3.63, 3.8) is 0 Å². The highest BCUT2D eigenvalue weighted by atomic mass is 16.3. The van der Waals surface area contributed by atoms with Crippen LogP contribution in [0.5, 0.6) is 0 Å². The highest BCUT2D eigenvalue weighted by Crippen LogP contribution is 2.22. The molecule has 0 spiro atoms. The smallest absolute Gasteiger partial charge is 0.313 e. The van der Waals surface area contributed by atoms with Crippen LogP contribution in [0.1, 0.15) is 45.7 Å². The number of benzene rings is 1. The van der Waals surface area contributed by atoms with Crippen LogP contribution in [-0.4, -0.2) is 29.6 Å². The van der Waals surface area contributed by atoms with Gasteiger partial charge in [-0.2, -0.15) is 0 Å². The Hall–Kier alpha value is -1.88. The molecule has 23 heavy (non-hydrogen) atoms. The van der Waals surface area contributed by atoms with E-state index in [1.54, 1.807) is 0 Å². The fourth-order valence-corrected chi connectivity index (χ4v) is 2.15. The van der Waals surface area contributed by atoms with Gasteiger partial charge in [0.05, 0.1) is 6.10 Å². The Morgan fingerprint density at radius 2 is 1.61 bits per heavy atom. The zero-order chi connectivity index (χ0) is 17.6. The topological polar surface area (TPSA) is 78.4 Å². The molecule has 0 aromatic heterocycles. The van der Waals surface area contributed by atoms with Gasteiger partial charge in [0.1, 0.15) is 0 Å². The van der Waals surface area contributed by atoms with Crippen molar-refractivity contribution < 1.29 is 14.7 Å². The van der Waals surface area contributed by atoms with Gasteiger partial charge in [0.15, 0.2) is 0 Å². The monoisotopic (exact) mass is 320 g/mol. The van der Waals surface area contributed by atoms with Gasteiger partial charge in [0, 0.05) is 12.2 Å². The van der Waals surface area contributed by atoms with Crippen molar-refractivity contribution in [2.24, 2.45) is 5.41 Å². The number of aliphatic hydroxyl groups is 1. The van der Waals surface area contributed by atoms with Crippen LogP contribution in [0.4, 0.5) is 5.69 Å². The van der Waals surface area contributed by atoms with Crippen molar-refractivity contribution in [1.82, 2.24) is 5.32 Å². The number of anilines is 1. The van der Waals surface area contributed by atoms with Crippen molar-refractivity contribution in [3.8, 4) is 0 Å². The number of hydrogen-bond acceptors (Lipinski definition) is 3. The Balaban J connectivity index is 2.75. The van der Waals surface area contributed by atoms with Gasteiger partial charge in [0.2, 0.25) is 0 Å². The third kappa shape index (κ3) is 5.36.